The van der Waals surface area contributed by atoms with E-state index >= 15 is 0 Å². The predicted molar refractivity (Wildman–Crippen MR) is 77.7 cm³/mol. The maximum Gasteiger partial charge on any atom is 0.0431 e. The maximum atomic E-state index is 8.67. The van der Waals surface area contributed by atoms with E-state index in [0.717, 1.165) is 25.1 Å². The van der Waals surface area contributed by atoms with Crippen LogP contribution >= 0.6 is 11.8 Å². The van der Waals surface area contributed by atoms with Gasteiger partial charge in [0, 0.05) is 24.6 Å². The highest BCUT2D eigenvalue weighted by molar-refractivity contribution is 7.98. The molecule has 0 atom stereocenters. The van der Waals surface area contributed by atoms with Gasteiger partial charge in [0.1, 0.15) is 0 Å². The monoisotopic (exact) mass is 253 g/mol. The van der Waals surface area contributed by atoms with Crippen LogP contribution in [0.4, 0.5) is 5.69 Å². The molecule has 0 heterocycles. The van der Waals surface area contributed by atoms with Gasteiger partial charge in [-0.05, 0) is 42.7 Å². The van der Waals surface area contributed by atoms with Crippen molar-refractivity contribution in [2.45, 2.75) is 31.9 Å². The number of benzene rings is 1. The zero-order valence-electron chi connectivity index (χ0n) is 10.6. The summed E-state index contributed by atoms with van der Waals surface area (Å²) in [6.07, 6.45) is 3.14. The summed E-state index contributed by atoms with van der Waals surface area (Å²) in [6, 6.07) is 8.66. The van der Waals surface area contributed by atoms with Crippen LogP contribution in [-0.2, 0) is 5.75 Å². The Morgan fingerprint density at radius 1 is 1.18 bits per heavy atom. The molecule has 1 aromatic carbocycles. The first-order valence-electron chi connectivity index (χ1n) is 6.38. The van der Waals surface area contributed by atoms with Crippen molar-refractivity contribution < 1.29 is 5.11 Å². The van der Waals surface area contributed by atoms with Crippen LogP contribution in [0.3, 0.4) is 0 Å². The lowest BCUT2D eigenvalue weighted by molar-refractivity contribution is 0.286. The maximum absolute atomic E-state index is 8.67. The van der Waals surface area contributed by atoms with Crippen molar-refractivity contribution in [3.8, 4) is 0 Å². The van der Waals surface area contributed by atoms with Crippen molar-refractivity contribution in [3.05, 3.63) is 29.8 Å². The fraction of sp³-hybridized carbons (Fsp3) is 0.571. The van der Waals surface area contributed by atoms with E-state index in [2.05, 4.69) is 36.5 Å². The fourth-order valence-electron chi connectivity index (χ4n) is 1.52. The molecule has 0 aliphatic heterocycles. The van der Waals surface area contributed by atoms with Gasteiger partial charge >= 0.3 is 0 Å². The number of aliphatic hydroxyl groups is 1. The molecule has 0 unspecified atom stereocenters. The molecule has 0 radical (unpaired) electrons. The molecule has 0 fully saturated rings. The molecule has 17 heavy (non-hydrogen) atoms. The molecule has 0 aliphatic carbocycles. The van der Waals surface area contributed by atoms with E-state index in [1.54, 1.807) is 0 Å². The van der Waals surface area contributed by atoms with Crippen LogP contribution in [0, 0.1) is 0 Å². The molecular formula is C14H23NOS. The van der Waals surface area contributed by atoms with E-state index in [4.69, 9.17) is 5.11 Å². The minimum atomic E-state index is 0.287. The first-order chi connectivity index (χ1) is 8.36. The Morgan fingerprint density at radius 3 is 2.59 bits per heavy atom. The molecule has 2 N–H and O–H groups in total. The van der Waals surface area contributed by atoms with Gasteiger partial charge in [0.15, 0.2) is 0 Å². The molecule has 0 amide bonds. The summed E-state index contributed by atoms with van der Waals surface area (Å²) in [5.74, 6) is 2.35. The third-order valence-electron chi connectivity index (χ3n) is 2.49. The fourth-order valence-corrected chi connectivity index (χ4v) is 2.38. The average Bonchev–Trinajstić information content (AvgIpc) is 2.37. The van der Waals surface area contributed by atoms with Crippen molar-refractivity contribution in [1.29, 1.82) is 0 Å². The largest absolute Gasteiger partial charge is 0.396 e. The van der Waals surface area contributed by atoms with Gasteiger partial charge in [-0.2, -0.15) is 11.8 Å². The summed E-state index contributed by atoms with van der Waals surface area (Å²) in [4.78, 5) is 0. The minimum absolute atomic E-state index is 0.287. The minimum Gasteiger partial charge on any atom is -0.396 e. The second kappa shape index (κ2) is 9.37. The topological polar surface area (TPSA) is 32.3 Å². The standard InChI is InChI=1S/C14H23NOS/c1-2-11-17-12-13-5-7-14(8-6-13)15-9-3-4-10-16/h5-8,15-16H,2-4,9-12H2,1H3. The van der Waals surface area contributed by atoms with Gasteiger partial charge in [0.05, 0.1) is 0 Å². The number of hydrogen-bond acceptors (Lipinski definition) is 3. The first-order valence-corrected chi connectivity index (χ1v) is 7.53. The molecule has 0 aromatic heterocycles. The number of unbranched alkanes of at least 4 members (excludes halogenated alkanes) is 1. The Balaban J connectivity index is 2.24. The van der Waals surface area contributed by atoms with Crippen molar-refractivity contribution in [2.75, 3.05) is 24.2 Å². The van der Waals surface area contributed by atoms with Crippen LogP contribution in [0.2, 0.25) is 0 Å². The molecule has 0 saturated carbocycles. The molecule has 96 valence electrons. The van der Waals surface area contributed by atoms with E-state index in [0.29, 0.717) is 0 Å². The van der Waals surface area contributed by atoms with Crippen LogP contribution in [0.1, 0.15) is 31.7 Å². The van der Waals surface area contributed by atoms with Crippen molar-refractivity contribution in [3.63, 3.8) is 0 Å². The zero-order valence-corrected chi connectivity index (χ0v) is 11.4. The van der Waals surface area contributed by atoms with Gasteiger partial charge in [-0.15, -0.1) is 0 Å². The van der Waals surface area contributed by atoms with Gasteiger partial charge in [0.25, 0.3) is 0 Å². The summed E-state index contributed by atoms with van der Waals surface area (Å²) in [7, 11) is 0. The highest BCUT2D eigenvalue weighted by Crippen LogP contribution is 2.15. The van der Waals surface area contributed by atoms with Gasteiger partial charge in [0.2, 0.25) is 0 Å². The Hall–Kier alpha value is -0.670. The van der Waals surface area contributed by atoms with Gasteiger partial charge < -0.3 is 10.4 Å². The van der Waals surface area contributed by atoms with E-state index in [9.17, 15) is 0 Å². The highest BCUT2D eigenvalue weighted by atomic mass is 32.2. The van der Waals surface area contributed by atoms with Gasteiger partial charge in [-0.3, -0.25) is 0 Å². The quantitative estimate of drug-likeness (QED) is 0.661. The number of nitrogens with one attached hydrogen (secondary N) is 1. The third-order valence-corrected chi connectivity index (χ3v) is 3.72. The molecular weight excluding hydrogens is 230 g/mol. The Kier molecular flexibility index (Phi) is 7.93. The number of thioether (sulfide) groups is 1. The van der Waals surface area contributed by atoms with E-state index in [-0.39, 0.29) is 6.61 Å². The number of aliphatic hydroxyl groups excluding tert-OH is 1. The van der Waals surface area contributed by atoms with Crippen molar-refractivity contribution >= 4 is 17.4 Å². The van der Waals surface area contributed by atoms with E-state index < -0.39 is 0 Å². The molecule has 0 saturated heterocycles. The first kappa shape index (κ1) is 14.4. The Bertz CT molecular complexity index is 287. The molecule has 3 heteroatoms. The normalized spacial score (nSPS) is 10.5. The van der Waals surface area contributed by atoms with Crippen molar-refractivity contribution in [1.82, 2.24) is 0 Å². The highest BCUT2D eigenvalue weighted by Gasteiger charge is 1.95. The number of rotatable bonds is 9. The molecule has 1 rings (SSSR count). The van der Waals surface area contributed by atoms with Crippen LogP contribution < -0.4 is 5.32 Å². The Morgan fingerprint density at radius 2 is 1.94 bits per heavy atom. The number of hydrogen-bond donors (Lipinski definition) is 2. The lowest BCUT2D eigenvalue weighted by Gasteiger charge is -2.07. The third kappa shape index (κ3) is 6.59. The smallest absolute Gasteiger partial charge is 0.0431 e. The summed E-state index contributed by atoms with van der Waals surface area (Å²) < 4.78 is 0. The average molecular weight is 253 g/mol. The lowest BCUT2D eigenvalue weighted by atomic mass is 10.2. The molecule has 1 aromatic rings. The molecule has 0 aliphatic rings. The van der Waals surface area contributed by atoms with Crippen molar-refractivity contribution in [2.24, 2.45) is 0 Å². The van der Waals surface area contributed by atoms with Gasteiger partial charge in [-0.1, -0.05) is 19.1 Å². The summed E-state index contributed by atoms with van der Waals surface area (Å²) in [5, 5.41) is 12.0. The lowest BCUT2D eigenvalue weighted by Crippen LogP contribution is -2.02. The zero-order chi connectivity index (χ0) is 12.3. The summed E-state index contributed by atoms with van der Waals surface area (Å²) in [6.45, 7) is 3.44. The van der Waals surface area contributed by atoms with Crippen LogP contribution in [0.25, 0.3) is 0 Å². The van der Waals surface area contributed by atoms with E-state index in [1.807, 2.05) is 11.8 Å². The Labute approximate surface area is 109 Å². The van der Waals surface area contributed by atoms with E-state index in [1.165, 1.54) is 23.4 Å². The predicted octanol–water partition coefficient (Wildman–Crippen LogP) is 3.51. The molecule has 0 spiro atoms. The second-order valence-corrected chi connectivity index (χ2v) is 5.21. The van der Waals surface area contributed by atoms with Crippen LogP contribution in [-0.4, -0.2) is 24.0 Å². The number of anilines is 1. The van der Waals surface area contributed by atoms with Crippen LogP contribution in [0.15, 0.2) is 24.3 Å². The van der Waals surface area contributed by atoms with Gasteiger partial charge in [-0.25, -0.2) is 0 Å². The summed E-state index contributed by atoms with van der Waals surface area (Å²) >= 11 is 1.99. The SMILES string of the molecule is CCCSCc1ccc(NCCCCO)cc1. The molecule has 2 nitrogen and oxygen atoms in total. The molecule has 0 bridgehead atoms. The summed E-state index contributed by atoms with van der Waals surface area (Å²) in [5.41, 5.74) is 2.57. The second-order valence-electron chi connectivity index (χ2n) is 4.11. The van der Waals surface area contributed by atoms with Crippen LogP contribution in [0.5, 0.6) is 0 Å².